The molecule has 3 aromatic rings. The number of aromatic nitrogens is 3. The molecule has 1 fully saturated rings. The van der Waals surface area contributed by atoms with E-state index >= 15 is 0 Å². The van der Waals surface area contributed by atoms with Gasteiger partial charge in [0.15, 0.2) is 11.0 Å². The topological polar surface area (TPSA) is 120 Å². The van der Waals surface area contributed by atoms with Gasteiger partial charge >= 0.3 is 0 Å². The predicted octanol–water partition coefficient (Wildman–Crippen LogP) is 2.94. The van der Waals surface area contributed by atoms with Gasteiger partial charge in [0.25, 0.3) is 0 Å². The first-order chi connectivity index (χ1) is 16.9. The number of carbonyl (C=O) groups is 1. The van der Waals surface area contributed by atoms with Crippen LogP contribution in [0.3, 0.4) is 0 Å². The van der Waals surface area contributed by atoms with E-state index in [4.69, 9.17) is 9.15 Å². The van der Waals surface area contributed by atoms with Crippen LogP contribution in [-0.4, -0.2) is 65.5 Å². The fourth-order valence-electron chi connectivity index (χ4n) is 3.66. The highest BCUT2D eigenvalue weighted by molar-refractivity contribution is 7.99. The summed E-state index contributed by atoms with van der Waals surface area (Å²) in [7, 11) is -3.64. The number of amides is 1. The van der Waals surface area contributed by atoms with E-state index in [-0.39, 0.29) is 22.6 Å². The molecule has 4 rings (SSSR count). The van der Waals surface area contributed by atoms with E-state index in [1.54, 1.807) is 36.6 Å². The summed E-state index contributed by atoms with van der Waals surface area (Å²) in [6.07, 6.45) is 2.38. The second-order valence-corrected chi connectivity index (χ2v) is 11.0. The lowest BCUT2D eigenvalue weighted by molar-refractivity contribution is -0.118. The number of carbonyl (C=O) groups excluding carboxylic acids is 1. The lowest BCUT2D eigenvalue weighted by Crippen LogP contribution is -2.40. The van der Waals surface area contributed by atoms with Crippen LogP contribution in [0.25, 0.3) is 11.4 Å². The highest BCUT2D eigenvalue weighted by atomic mass is 32.2. The van der Waals surface area contributed by atoms with E-state index in [0.717, 1.165) is 6.42 Å². The maximum absolute atomic E-state index is 13.1. The van der Waals surface area contributed by atoms with Gasteiger partial charge in [0.1, 0.15) is 5.76 Å². The Bertz CT molecular complexity index is 1240. The Hall–Kier alpha value is -2.67. The van der Waals surface area contributed by atoms with Gasteiger partial charge in [-0.2, -0.15) is 4.31 Å². The third kappa shape index (κ3) is 5.95. The van der Waals surface area contributed by atoms with Gasteiger partial charge in [0.05, 0.1) is 36.7 Å². The highest BCUT2D eigenvalue weighted by Gasteiger charge is 2.27. The molecule has 0 aliphatic carbocycles. The van der Waals surface area contributed by atoms with Crippen molar-refractivity contribution >= 4 is 27.7 Å². The number of sulfonamides is 1. The molecule has 1 aromatic carbocycles. The number of nitrogens with zero attached hydrogens (tertiary/aromatic N) is 4. The fraction of sp³-hybridized carbons (Fsp3) is 0.435. The molecule has 0 spiro atoms. The normalized spacial score (nSPS) is 15.7. The van der Waals surface area contributed by atoms with Crippen molar-refractivity contribution in [3.05, 3.63) is 48.4 Å². The molecular formula is C23H29N5O5S2. The summed E-state index contributed by atoms with van der Waals surface area (Å²) in [4.78, 5) is 12.5. The van der Waals surface area contributed by atoms with Crippen LogP contribution in [0.4, 0.5) is 0 Å². The molecule has 0 radical (unpaired) electrons. The van der Waals surface area contributed by atoms with E-state index in [1.807, 2.05) is 17.6 Å². The van der Waals surface area contributed by atoms with Gasteiger partial charge in [-0.05, 0) is 37.6 Å². The molecule has 1 saturated heterocycles. The molecule has 1 amide bonds. The van der Waals surface area contributed by atoms with Crippen molar-refractivity contribution in [2.45, 2.75) is 42.9 Å². The largest absolute Gasteiger partial charge is 0.467 e. The molecule has 1 N–H and O–H groups in total. The SMILES string of the molecule is CC[C@H](C)n1c(SCC(=O)NCc2ccco2)nnc1-c1cccc(S(=O)(=O)N2CCOCC2)c1. The fourth-order valence-corrected chi connectivity index (χ4v) is 5.98. The smallest absolute Gasteiger partial charge is 0.243 e. The molecule has 1 aliphatic heterocycles. The van der Waals surface area contributed by atoms with Gasteiger partial charge in [-0.3, -0.25) is 9.36 Å². The van der Waals surface area contributed by atoms with Crippen LogP contribution in [-0.2, 0) is 26.1 Å². The van der Waals surface area contributed by atoms with E-state index in [2.05, 4.69) is 22.4 Å². The van der Waals surface area contributed by atoms with Crippen molar-refractivity contribution in [1.82, 2.24) is 24.4 Å². The average molecular weight is 520 g/mol. The van der Waals surface area contributed by atoms with E-state index < -0.39 is 10.0 Å². The highest BCUT2D eigenvalue weighted by Crippen LogP contribution is 2.30. The maximum Gasteiger partial charge on any atom is 0.243 e. The van der Waals surface area contributed by atoms with Crippen molar-refractivity contribution in [2.75, 3.05) is 32.1 Å². The van der Waals surface area contributed by atoms with E-state index in [1.165, 1.54) is 16.1 Å². The zero-order chi connectivity index (χ0) is 24.8. The Kier molecular flexibility index (Phi) is 8.26. The Morgan fingerprint density at radius 1 is 1.20 bits per heavy atom. The zero-order valence-electron chi connectivity index (χ0n) is 19.7. The van der Waals surface area contributed by atoms with Gasteiger partial charge in [-0.15, -0.1) is 10.2 Å². The van der Waals surface area contributed by atoms with Crippen LogP contribution in [0, 0.1) is 0 Å². The number of rotatable bonds is 10. The molecule has 35 heavy (non-hydrogen) atoms. The molecule has 0 saturated carbocycles. The molecule has 2 aromatic heterocycles. The number of ether oxygens (including phenoxy) is 1. The quantitative estimate of drug-likeness (QED) is 0.406. The number of benzene rings is 1. The first kappa shape index (κ1) is 25.4. The van der Waals surface area contributed by atoms with Crippen molar-refractivity contribution in [2.24, 2.45) is 0 Å². The standard InChI is InChI=1S/C23H29N5O5S2/c1-3-17(2)28-22(25-26-23(28)34-16-21(29)24-15-19-7-5-11-33-19)18-6-4-8-20(14-18)35(30,31)27-9-12-32-13-10-27/h4-8,11,14,17H,3,9-10,12-13,15-16H2,1-2H3,(H,24,29)/t17-/m0/s1. The Morgan fingerprint density at radius 2 is 2.00 bits per heavy atom. The Balaban J connectivity index is 1.54. The van der Waals surface area contributed by atoms with E-state index in [0.29, 0.717) is 55.2 Å². The summed E-state index contributed by atoms with van der Waals surface area (Å²) in [5.41, 5.74) is 0.654. The Morgan fingerprint density at radius 3 is 2.71 bits per heavy atom. The number of hydrogen-bond acceptors (Lipinski definition) is 8. The summed E-state index contributed by atoms with van der Waals surface area (Å²) in [6, 6.07) is 10.4. The summed E-state index contributed by atoms with van der Waals surface area (Å²) in [6.45, 7) is 5.85. The molecule has 188 valence electrons. The minimum Gasteiger partial charge on any atom is -0.467 e. The summed E-state index contributed by atoms with van der Waals surface area (Å²) >= 11 is 1.29. The van der Waals surface area contributed by atoms with Crippen molar-refractivity contribution in [3.8, 4) is 11.4 Å². The zero-order valence-corrected chi connectivity index (χ0v) is 21.3. The summed E-state index contributed by atoms with van der Waals surface area (Å²) in [5.74, 6) is 1.27. The van der Waals surface area contributed by atoms with Gasteiger partial charge in [0.2, 0.25) is 15.9 Å². The van der Waals surface area contributed by atoms with Crippen LogP contribution in [0.1, 0.15) is 32.1 Å². The molecule has 0 bridgehead atoms. The molecule has 10 nitrogen and oxygen atoms in total. The lowest BCUT2D eigenvalue weighted by Gasteiger charge is -2.26. The van der Waals surface area contributed by atoms with Gasteiger partial charge in [-0.1, -0.05) is 30.8 Å². The van der Waals surface area contributed by atoms with Crippen molar-refractivity contribution in [3.63, 3.8) is 0 Å². The first-order valence-electron chi connectivity index (χ1n) is 11.4. The van der Waals surface area contributed by atoms with Crippen LogP contribution in [0.2, 0.25) is 0 Å². The van der Waals surface area contributed by atoms with E-state index in [9.17, 15) is 13.2 Å². The molecule has 3 heterocycles. The predicted molar refractivity (Wildman–Crippen MR) is 131 cm³/mol. The number of morpholine rings is 1. The number of thioether (sulfide) groups is 1. The molecule has 12 heteroatoms. The van der Waals surface area contributed by atoms with Crippen LogP contribution in [0.15, 0.2) is 57.1 Å². The summed E-state index contributed by atoms with van der Waals surface area (Å²) in [5, 5.41) is 12.1. The maximum atomic E-state index is 13.1. The monoisotopic (exact) mass is 519 g/mol. The second kappa shape index (κ2) is 11.4. The third-order valence-corrected chi connectivity index (χ3v) is 8.61. The third-order valence-electron chi connectivity index (χ3n) is 5.77. The van der Waals surface area contributed by atoms with Crippen LogP contribution < -0.4 is 5.32 Å². The minimum atomic E-state index is -3.64. The Labute approximate surface area is 209 Å². The van der Waals surface area contributed by atoms with Crippen LogP contribution in [0.5, 0.6) is 0 Å². The molecule has 0 unspecified atom stereocenters. The van der Waals surface area contributed by atoms with Crippen LogP contribution >= 0.6 is 11.8 Å². The lowest BCUT2D eigenvalue weighted by atomic mass is 10.2. The number of nitrogens with one attached hydrogen (secondary N) is 1. The number of furan rings is 1. The molecular weight excluding hydrogens is 490 g/mol. The van der Waals surface area contributed by atoms with Gasteiger partial charge in [0, 0.05) is 24.7 Å². The molecule has 1 atom stereocenters. The average Bonchev–Trinajstić information content (AvgIpc) is 3.56. The first-order valence-corrected chi connectivity index (χ1v) is 13.9. The second-order valence-electron chi connectivity index (χ2n) is 8.12. The van der Waals surface area contributed by atoms with Crippen molar-refractivity contribution in [1.29, 1.82) is 0 Å². The van der Waals surface area contributed by atoms with Gasteiger partial charge < -0.3 is 14.5 Å². The van der Waals surface area contributed by atoms with Crippen molar-refractivity contribution < 1.29 is 22.4 Å². The minimum absolute atomic E-state index is 0.0492. The number of hydrogen-bond donors (Lipinski definition) is 1. The molecule has 1 aliphatic rings. The summed E-state index contributed by atoms with van der Waals surface area (Å²) < 4.78 is 40.2. The van der Waals surface area contributed by atoms with Gasteiger partial charge in [-0.25, -0.2) is 8.42 Å².